The third-order valence-corrected chi connectivity index (χ3v) is 9.49. The number of carbonyl (C=O) groups is 1. The molecule has 7 nitrogen and oxygen atoms in total. The molecule has 0 saturated heterocycles. The highest BCUT2D eigenvalue weighted by Gasteiger charge is 2.33. The summed E-state index contributed by atoms with van der Waals surface area (Å²) in [6.07, 6.45) is 0. The molecule has 4 aromatic rings. The zero-order valence-corrected chi connectivity index (χ0v) is 23.7. The molecule has 0 fully saturated rings. The molecule has 0 saturated carbocycles. The van der Waals surface area contributed by atoms with E-state index in [1.807, 2.05) is 66.5 Å². The van der Waals surface area contributed by atoms with Crippen LogP contribution < -0.4 is 29.4 Å². The SMILES string of the molecule is COc1ccc2c(c1)N(C)/C(=c1/s/c(=C3/C(=O)N(c4ccccc4Cl)N=C3C)n(Cc3ccccc3)c1=O)S2. The zero-order valence-electron chi connectivity index (χ0n) is 21.3. The van der Waals surface area contributed by atoms with Crippen LogP contribution in [0.1, 0.15) is 12.5 Å². The van der Waals surface area contributed by atoms with Crippen molar-refractivity contribution >= 4 is 68.3 Å². The van der Waals surface area contributed by atoms with Gasteiger partial charge in [0.25, 0.3) is 11.5 Å². The van der Waals surface area contributed by atoms with Gasteiger partial charge in [0.15, 0.2) is 0 Å². The standard InChI is InChI=1S/C29H23ClN4O3S2/c1-17-24(26(35)34(31-17)21-12-8-7-11-20(21)30)28-33(16-18-9-5-4-6-10-18)27(36)25(39-28)29-32(2)22-15-19(37-3)13-14-23(22)38-29/h4-15H,16H2,1-3H3/b28-24+,29-25-. The second-order valence-electron chi connectivity index (χ2n) is 9.04. The average molecular weight is 575 g/mol. The Morgan fingerprint density at radius 1 is 0.974 bits per heavy atom. The highest BCUT2D eigenvalue weighted by molar-refractivity contribution is 8.08. The molecular weight excluding hydrogens is 552 g/mol. The molecule has 0 N–H and O–H groups in total. The fourth-order valence-corrected chi connectivity index (χ4v) is 7.37. The van der Waals surface area contributed by atoms with Crippen LogP contribution in [0.4, 0.5) is 11.4 Å². The molecule has 1 amide bonds. The normalized spacial score (nSPS) is 17.5. The average Bonchev–Trinajstić information content (AvgIpc) is 3.54. The van der Waals surface area contributed by atoms with E-state index in [0.29, 0.717) is 37.7 Å². The first-order valence-corrected chi connectivity index (χ1v) is 14.1. The summed E-state index contributed by atoms with van der Waals surface area (Å²) in [5.74, 6) is 0.426. The van der Waals surface area contributed by atoms with E-state index in [1.165, 1.54) is 28.1 Å². The minimum atomic E-state index is -0.319. The van der Waals surface area contributed by atoms with Crippen molar-refractivity contribution < 1.29 is 9.53 Å². The number of benzene rings is 3. The third kappa shape index (κ3) is 4.36. The maximum atomic E-state index is 14.1. The van der Waals surface area contributed by atoms with Gasteiger partial charge in [-0.15, -0.1) is 11.3 Å². The molecule has 3 aromatic carbocycles. The van der Waals surface area contributed by atoms with E-state index in [9.17, 15) is 9.59 Å². The lowest BCUT2D eigenvalue weighted by atomic mass is 10.2. The summed E-state index contributed by atoms with van der Waals surface area (Å²) in [5.41, 5.74) is 3.18. The van der Waals surface area contributed by atoms with Gasteiger partial charge in [-0.05, 0) is 36.8 Å². The lowest BCUT2D eigenvalue weighted by Gasteiger charge is -2.13. The summed E-state index contributed by atoms with van der Waals surface area (Å²) >= 11 is 9.25. The van der Waals surface area contributed by atoms with Gasteiger partial charge in [0.05, 0.1) is 41.3 Å². The predicted molar refractivity (Wildman–Crippen MR) is 159 cm³/mol. The van der Waals surface area contributed by atoms with E-state index >= 15 is 0 Å². The van der Waals surface area contributed by atoms with Crippen LogP contribution in [0.3, 0.4) is 0 Å². The van der Waals surface area contributed by atoms with E-state index < -0.39 is 0 Å². The van der Waals surface area contributed by atoms with Crippen molar-refractivity contribution in [1.82, 2.24) is 4.57 Å². The number of thiazole rings is 1. The van der Waals surface area contributed by atoms with Gasteiger partial charge in [-0.1, -0.05) is 65.8 Å². The van der Waals surface area contributed by atoms with Crippen molar-refractivity contribution in [2.24, 2.45) is 5.10 Å². The first-order valence-electron chi connectivity index (χ1n) is 12.1. The van der Waals surface area contributed by atoms with Crippen molar-refractivity contribution in [2.75, 3.05) is 24.1 Å². The van der Waals surface area contributed by atoms with Gasteiger partial charge in [0, 0.05) is 18.0 Å². The Morgan fingerprint density at radius 3 is 2.46 bits per heavy atom. The fraction of sp³-hybridized carbons (Fsp3) is 0.138. The van der Waals surface area contributed by atoms with Crippen molar-refractivity contribution in [3.63, 3.8) is 0 Å². The van der Waals surface area contributed by atoms with Gasteiger partial charge in [-0.2, -0.15) is 10.1 Å². The Hall–Kier alpha value is -3.79. The van der Waals surface area contributed by atoms with Crippen LogP contribution in [0.25, 0.3) is 10.6 Å². The topological polar surface area (TPSA) is 67.1 Å². The van der Waals surface area contributed by atoms with Gasteiger partial charge >= 0.3 is 0 Å². The number of hydrazone groups is 1. The monoisotopic (exact) mass is 574 g/mol. The summed E-state index contributed by atoms with van der Waals surface area (Å²) in [6, 6.07) is 22.7. The largest absolute Gasteiger partial charge is 0.497 e. The quantitative estimate of drug-likeness (QED) is 0.359. The number of methoxy groups -OCH3 is 1. The molecule has 0 spiro atoms. The molecule has 0 radical (unpaired) electrons. The maximum Gasteiger partial charge on any atom is 0.283 e. The molecule has 0 atom stereocenters. The number of nitrogens with zero attached hydrogens (tertiary/aromatic N) is 4. The number of halogens is 1. The lowest BCUT2D eigenvalue weighted by Crippen LogP contribution is -2.36. The highest BCUT2D eigenvalue weighted by atomic mass is 35.5. The van der Waals surface area contributed by atoms with Gasteiger partial charge in [0.2, 0.25) is 0 Å². The minimum absolute atomic E-state index is 0.155. The van der Waals surface area contributed by atoms with E-state index in [0.717, 1.165) is 26.9 Å². The van der Waals surface area contributed by atoms with E-state index in [-0.39, 0.29) is 11.5 Å². The van der Waals surface area contributed by atoms with Crippen molar-refractivity contribution in [3.8, 4) is 5.75 Å². The third-order valence-electron chi connectivity index (χ3n) is 6.61. The number of ether oxygens (including phenoxy) is 1. The smallest absolute Gasteiger partial charge is 0.283 e. The van der Waals surface area contributed by atoms with Gasteiger partial charge in [-0.25, -0.2) is 0 Å². The summed E-state index contributed by atoms with van der Waals surface area (Å²) in [5, 5.41) is 7.09. The zero-order chi connectivity index (χ0) is 27.3. The van der Waals surface area contributed by atoms with Crippen LogP contribution >= 0.6 is 34.7 Å². The van der Waals surface area contributed by atoms with E-state index in [1.54, 1.807) is 36.8 Å². The molecule has 0 unspecified atom stereocenters. The molecule has 2 aliphatic heterocycles. The van der Waals surface area contributed by atoms with Crippen LogP contribution in [0.5, 0.6) is 5.75 Å². The molecule has 0 aliphatic carbocycles. The number of thioether (sulfide) groups is 1. The molecule has 3 heterocycles. The Labute approximate surface area is 237 Å². The fourth-order valence-electron chi connectivity index (χ4n) is 4.63. The Morgan fingerprint density at radius 2 is 1.72 bits per heavy atom. The van der Waals surface area contributed by atoms with Gasteiger partial charge in [-0.3, -0.25) is 14.2 Å². The molecule has 196 valence electrons. The van der Waals surface area contributed by atoms with E-state index in [2.05, 4.69) is 5.10 Å². The molecule has 10 heteroatoms. The number of fused-ring (bicyclic) bond motifs is 1. The molecular formula is C29H23ClN4O3S2. The number of rotatable bonds is 4. The van der Waals surface area contributed by atoms with Crippen LogP contribution in [-0.2, 0) is 11.3 Å². The second kappa shape index (κ2) is 10.1. The number of anilines is 2. The first-order chi connectivity index (χ1) is 18.9. The number of hydrogen-bond donors (Lipinski definition) is 0. The summed E-state index contributed by atoms with van der Waals surface area (Å²) in [7, 11) is 3.57. The van der Waals surface area contributed by atoms with Crippen LogP contribution in [0.2, 0.25) is 5.02 Å². The summed E-state index contributed by atoms with van der Waals surface area (Å²) in [6.45, 7) is 2.11. The Balaban J connectivity index is 1.58. The Bertz CT molecular complexity index is 1850. The van der Waals surface area contributed by atoms with Crippen LogP contribution in [0, 0.1) is 0 Å². The molecule has 39 heavy (non-hydrogen) atoms. The summed E-state index contributed by atoms with van der Waals surface area (Å²) < 4.78 is 8.22. The van der Waals surface area contributed by atoms with Crippen molar-refractivity contribution in [2.45, 2.75) is 18.4 Å². The lowest BCUT2D eigenvalue weighted by molar-refractivity contribution is -0.112. The van der Waals surface area contributed by atoms with Crippen LogP contribution in [0.15, 0.2) is 87.6 Å². The van der Waals surface area contributed by atoms with Gasteiger partial charge in [0.1, 0.15) is 20.0 Å². The molecule has 6 rings (SSSR count). The number of aromatic nitrogens is 1. The van der Waals surface area contributed by atoms with Crippen molar-refractivity contribution in [1.29, 1.82) is 0 Å². The first kappa shape index (κ1) is 25.5. The van der Waals surface area contributed by atoms with Gasteiger partial charge < -0.3 is 9.64 Å². The minimum Gasteiger partial charge on any atom is -0.497 e. The molecule has 2 aliphatic rings. The van der Waals surface area contributed by atoms with Crippen molar-refractivity contribution in [3.05, 3.63) is 103 Å². The maximum absolute atomic E-state index is 14.1. The molecule has 1 aromatic heterocycles. The Kier molecular flexibility index (Phi) is 6.58. The number of hydrogen-bond acceptors (Lipinski definition) is 7. The van der Waals surface area contributed by atoms with Crippen LogP contribution in [-0.4, -0.2) is 30.3 Å². The number of para-hydroxylation sites is 1. The summed E-state index contributed by atoms with van der Waals surface area (Å²) in [4.78, 5) is 30.9. The highest BCUT2D eigenvalue weighted by Crippen LogP contribution is 2.46. The second-order valence-corrected chi connectivity index (χ2v) is 11.5. The number of carbonyl (C=O) groups excluding carboxylic acids is 1. The number of amides is 1. The van der Waals surface area contributed by atoms with E-state index in [4.69, 9.17) is 16.3 Å². The molecule has 0 bridgehead atoms. The predicted octanol–water partition coefficient (Wildman–Crippen LogP) is 4.50.